The summed E-state index contributed by atoms with van der Waals surface area (Å²) in [6.45, 7) is 0. The summed E-state index contributed by atoms with van der Waals surface area (Å²) in [6, 6.07) is 23.2. The average molecular weight is 293 g/mol. The third-order valence-corrected chi connectivity index (χ3v) is 5.20. The topological polar surface area (TPSA) is 18.5 Å². The molecule has 0 fully saturated rings. The molecule has 0 heterocycles. The van der Waals surface area contributed by atoms with Crippen LogP contribution in [0.4, 0.5) is 0 Å². The molecule has 3 aromatic carbocycles. The van der Waals surface area contributed by atoms with Crippen molar-refractivity contribution in [2.75, 3.05) is 14.2 Å². The number of benzene rings is 3. The van der Waals surface area contributed by atoms with Gasteiger partial charge in [0.25, 0.3) is 0 Å². The van der Waals surface area contributed by atoms with E-state index < -0.39 is 9.28 Å². The maximum Gasteiger partial charge on any atom is 0.423 e. The molecule has 0 saturated carbocycles. The molecule has 0 unspecified atom stereocenters. The summed E-state index contributed by atoms with van der Waals surface area (Å²) < 4.78 is 11.0. The molecule has 3 rings (SSSR count). The van der Waals surface area contributed by atoms with E-state index in [0.29, 0.717) is 0 Å². The lowest BCUT2D eigenvalue weighted by molar-refractivity contribution is 0.292. The summed E-state index contributed by atoms with van der Waals surface area (Å²) >= 11 is 0. The Morgan fingerprint density at radius 3 is 2.14 bits per heavy atom. The Morgan fingerprint density at radius 2 is 1.38 bits per heavy atom. The maximum atomic E-state index is 5.51. The van der Waals surface area contributed by atoms with Gasteiger partial charge in [-0.25, -0.2) is 0 Å². The number of hydrogen-bond acceptors (Lipinski definition) is 2. The van der Waals surface area contributed by atoms with Crippen LogP contribution in [0.25, 0.3) is 21.9 Å². The minimum atomic E-state index is -1.43. The molecule has 21 heavy (non-hydrogen) atoms. The highest BCUT2D eigenvalue weighted by Gasteiger charge is 2.20. The molecule has 0 aliphatic carbocycles. The highest BCUT2D eigenvalue weighted by Crippen LogP contribution is 2.23. The number of rotatable bonds is 4. The highest BCUT2D eigenvalue weighted by molar-refractivity contribution is 6.63. The molecular weight excluding hydrogens is 276 g/mol. The van der Waals surface area contributed by atoms with E-state index in [9.17, 15) is 0 Å². The fraction of sp³-hybridized carbons (Fsp3) is 0.111. The van der Waals surface area contributed by atoms with E-state index in [2.05, 4.69) is 60.7 Å². The van der Waals surface area contributed by atoms with Crippen molar-refractivity contribution in [3.8, 4) is 11.1 Å². The van der Waals surface area contributed by atoms with Crippen molar-refractivity contribution in [1.82, 2.24) is 0 Å². The molecule has 2 nitrogen and oxygen atoms in total. The van der Waals surface area contributed by atoms with Gasteiger partial charge in [0.05, 0.1) is 0 Å². The van der Waals surface area contributed by atoms with E-state index in [1.165, 1.54) is 21.9 Å². The maximum absolute atomic E-state index is 5.51. The molecule has 0 aliphatic heterocycles. The zero-order chi connectivity index (χ0) is 14.7. The Labute approximate surface area is 126 Å². The Hall–Kier alpha value is -1.94. The second-order valence-electron chi connectivity index (χ2n) is 4.80. The Balaban J connectivity index is 2.14. The molecule has 0 spiro atoms. The first-order chi connectivity index (χ1) is 10.3. The van der Waals surface area contributed by atoms with Crippen molar-refractivity contribution >= 4 is 25.2 Å². The third kappa shape index (κ3) is 2.76. The summed E-state index contributed by atoms with van der Waals surface area (Å²) in [4.78, 5) is 0. The number of fused-ring (bicyclic) bond motifs is 1. The Kier molecular flexibility index (Phi) is 4.15. The lowest BCUT2D eigenvalue weighted by Gasteiger charge is -2.15. The van der Waals surface area contributed by atoms with Gasteiger partial charge in [0.1, 0.15) is 0 Å². The van der Waals surface area contributed by atoms with Crippen LogP contribution >= 0.6 is 0 Å². The summed E-state index contributed by atoms with van der Waals surface area (Å²) in [7, 11) is 1.98. The molecule has 0 aromatic heterocycles. The van der Waals surface area contributed by atoms with Gasteiger partial charge in [0, 0.05) is 19.4 Å². The molecule has 0 atom stereocenters. The van der Waals surface area contributed by atoms with Crippen molar-refractivity contribution in [3.63, 3.8) is 0 Å². The normalized spacial score (nSPS) is 11.2. The van der Waals surface area contributed by atoms with Crippen molar-refractivity contribution in [1.29, 1.82) is 0 Å². The third-order valence-electron chi connectivity index (χ3n) is 3.58. The van der Waals surface area contributed by atoms with Gasteiger partial charge in [-0.3, -0.25) is 0 Å². The van der Waals surface area contributed by atoms with E-state index in [0.717, 1.165) is 5.19 Å². The van der Waals surface area contributed by atoms with E-state index in [-0.39, 0.29) is 0 Å². The van der Waals surface area contributed by atoms with Crippen LogP contribution in [-0.2, 0) is 8.85 Å². The zero-order valence-electron chi connectivity index (χ0n) is 12.2. The van der Waals surface area contributed by atoms with Gasteiger partial charge < -0.3 is 8.85 Å². The average Bonchev–Trinajstić information content (AvgIpc) is 2.56. The zero-order valence-corrected chi connectivity index (χ0v) is 13.2. The van der Waals surface area contributed by atoms with Gasteiger partial charge in [-0.15, -0.1) is 0 Å². The number of hydrogen-bond donors (Lipinski definition) is 0. The monoisotopic (exact) mass is 293 g/mol. The van der Waals surface area contributed by atoms with Crippen LogP contribution in [0.2, 0.25) is 0 Å². The smallest absolute Gasteiger partial charge is 0.393 e. The van der Waals surface area contributed by atoms with Gasteiger partial charge in [0.2, 0.25) is 0 Å². The van der Waals surface area contributed by atoms with Crippen LogP contribution in [0.5, 0.6) is 0 Å². The first-order valence-electron chi connectivity index (χ1n) is 6.87. The van der Waals surface area contributed by atoms with Crippen LogP contribution in [0.15, 0.2) is 66.7 Å². The van der Waals surface area contributed by atoms with Crippen LogP contribution in [0.1, 0.15) is 0 Å². The van der Waals surface area contributed by atoms with Gasteiger partial charge in [-0.1, -0.05) is 60.7 Å². The minimum absolute atomic E-state index is 1.14. The van der Waals surface area contributed by atoms with Crippen molar-refractivity contribution in [3.05, 3.63) is 66.7 Å². The van der Waals surface area contributed by atoms with Crippen LogP contribution in [-0.4, -0.2) is 23.5 Å². The largest absolute Gasteiger partial charge is 0.423 e. The quantitative estimate of drug-likeness (QED) is 0.686. The fourth-order valence-electron chi connectivity index (χ4n) is 2.57. The van der Waals surface area contributed by atoms with Crippen molar-refractivity contribution in [2.45, 2.75) is 0 Å². The van der Waals surface area contributed by atoms with Crippen LogP contribution in [0.3, 0.4) is 0 Å². The Morgan fingerprint density at radius 1 is 0.714 bits per heavy atom. The molecule has 3 heteroatoms. The lowest BCUT2D eigenvalue weighted by Crippen LogP contribution is -2.36. The second-order valence-corrected chi connectivity index (χ2v) is 6.73. The predicted molar refractivity (Wildman–Crippen MR) is 88.8 cm³/mol. The summed E-state index contributed by atoms with van der Waals surface area (Å²) in [5.41, 5.74) is 2.38. The predicted octanol–water partition coefficient (Wildman–Crippen LogP) is 3.49. The van der Waals surface area contributed by atoms with E-state index >= 15 is 0 Å². The summed E-state index contributed by atoms with van der Waals surface area (Å²) in [6.07, 6.45) is 0. The molecular formula is C18H17O2Si. The van der Waals surface area contributed by atoms with Crippen molar-refractivity contribution in [2.24, 2.45) is 0 Å². The highest BCUT2D eigenvalue weighted by atomic mass is 28.3. The summed E-state index contributed by atoms with van der Waals surface area (Å²) in [5.74, 6) is 0. The minimum Gasteiger partial charge on any atom is -0.393 e. The SMILES string of the molecule is CO[Si](OC)c1ccccc1-c1ccc2ccccc2c1. The fourth-order valence-corrected chi connectivity index (χ4v) is 3.86. The van der Waals surface area contributed by atoms with Gasteiger partial charge in [-0.05, 0) is 28.0 Å². The first-order valence-corrected chi connectivity index (χ1v) is 8.18. The van der Waals surface area contributed by atoms with Crippen LogP contribution < -0.4 is 5.19 Å². The lowest BCUT2D eigenvalue weighted by atomic mass is 10.0. The summed E-state index contributed by atoms with van der Waals surface area (Å²) in [5, 5.41) is 3.64. The Bertz CT molecular complexity index is 751. The molecule has 105 valence electrons. The van der Waals surface area contributed by atoms with E-state index in [1.54, 1.807) is 14.2 Å². The van der Waals surface area contributed by atoms with Crippen molar-refractivity contribution < 1.29 is 8.85 Å². The van der Waals surface area contributed by atoms with Gasteiger partial charge >= 0.3 is 9.28 Å². The molecule has 0 N–H and O–H groups in total. The van der Waals surface area contributed by atoms with E-state index in [4.69, 9.17) is 8.85 Å². The standard InChI is InChI=1S/C18H17O2Si/c1-19-21(20-2)18-10-6-5-9-17(18)16-12-11-14-7-3-4-8-15(14)13-16/h3-13H,1-2H3. The first kappa shape index (κ1) is 14.0. The second kappa shape index (κ2) is 6.22. The molecule has 3 aromatic rings. The molecule has 0 saturated heterocycles. The van der Waals surface area contributed by atoms with Gasteiger partial charge in [-0.2, -0.15) is 0 Å². The molecule has 1 radical (unpaired) electrons. The van der Waals surface area contributed by atoms with Crippen LogP contribution in [0, 0.1) is 0 Å². The van der Waals surface area contributed by atoms with Gasteiger partial charge in [0.15, 0.2) is 0 Å². The molecule has 0 aliphatic rings. The molecule has 0 bridgehead atoms. The van der Waals surface area contributed by atoms with E-state index in [1.807, 2.05) is 6.07 Å². The molecule has 0 amide bonds.